The summed E-state index contributed by atoms with van der Waals surface area (Å²) in [6, 6.07) is 21.1. The summed E-state index contributed by atoms with van der Waals surface area (Å²) in [5.74, 6) is -0.633. The number of carbonyl (C=O) groups is 1. The highest BCUT2D eigenvalue weighted by Crippen LogP contribution is 2.39. The molecular formula is C41H37F2N5O5. The number of nitriles is 1. The summed E-state index contributed by atoms with van der Waals surface area (Å²) in [7, 11) is 0. The van der Waals surface area contributed by atoms with Gasteiger partial charge in [-0.25, -0.2) is 9.97 Å². The number of aromatic nitrogens is 2. The van der Waals surface area contributed by atoms with Gasteiger partial charge in [0.15, 0.2) is 11.2 Å². The molecule has 8 rings (SSSR count). The monoisotopic (exact) mass is 717 g/mol. The molecule has 4 heterocycles. The van der Waals surface area contributed by atoms with Crippen LogP contribution < -0.4 is 4.74 Å². The predicted octanol–water partition coefficient (Wildman–Crippen LogP) is 8.56. The second kappa shape index (κ2) is 14.1. The molecule has 2 fully saturated rings. The molecule has 53 heavy (non-hydrogen) atoms. The van der Waals surface area contributed by atoms with Gasteiger partial charge in [0.05, 0.1) is 11.5 Å². The molecule has 10 nitrogen and oxygen atoms in total. The van der Waals surface area contributed by atoms with Crippen LogP contribution in [0.25, 0.3) is 56.2 Å². The van der Waals surface area contributed by atoms with E-state index in [0.29, 0.717) is 64.6 Å². The minimum atomic E-state index is -3.04. The van der Waals surface area contributed by atoms with Gasteiger partial charge in [0, 0.05) is 42.4 Å². The summed E-state index contributed by atoms with van der Waals surface area (Å²) in [6.45, 7) is 4.93. The Morgan fingerprint density at radius 2 is 1.57 bits per heavy atom. The molecule has 1 N–H and O–H groups in total. The van der Waals surface area contributed by atoms with Crippen molar-refractivity contribution >= 4 is 28.2 Å². The Hall–Kier alpha value is -5.64. The summed E-state index contributed by atoms with van der Waals surface area (Å²) in [5.41, 5.74) is 9.16. The molecule has 0 aliphatic carbocycles. The number of likely N-dealkylation sites (tertiary alicyclic amines) is 2. The Bertz CT molecular complexity index is 2410. The summed E-state index contributed by atoms with van der Waals surface area (Å²) < 4.78 is 44.3. The maximum atomic E-state index is 13.5. The molecule has 6 aromatic rings. The lowest BCUT2D eigenvalue weighted by molar-refractivity contribution is -0.141. The summed E-state index contributed by atoms with van der Waals surface area (Å²) in [6.07, 6.45) is 2.87. The van der Waals surface area contributed by atoms with Crippen LogP contribution in [0.15, 0.2) is 69.5 Å². The average Bonchev–Trinajstić information content (AvgIpc) is 3.96. The van der Waals surface area contributed by atoms with Gasteiger partial charge in [-0.1, -0.05) is 24.3 Å². The van der Waals surface area contributed by atoms with E-state index in [0.717, 1.165) is 58.6 Å². The van der Waals surface area contributed by atoms with Crippen LogP contribution in [0.2, 0.25) is 0 Å². The topological polar surface area (TPSA) is 129 Å². The maximum absolute atomic E-state index is 13.5. The smallest absolute Gasteiger partial charge is 0.387 e. The molecule has 4 aromatic carbocycles. The van der Waals surface area contributed by atoms with Gasteiger partial charge in [0.2, 0.25) is 11.8 Å². The first-order valence-electron chi connectivity index (χ1n) is 17.7. The summed E-state index contributed by atoms with van der Waals surface area (Å²) in [4.78, 5) is 25.4. The fourth-order valence-corrected chi connectivity index (χ4v) is 7.76. The van der Waals surface area contributed by atoms with Crippen molar-refractivity contribution in [2.45, 2.75) is 52.8 Å². The van der Waals surface area contributed by atoms with E-state index in [-0.39, 0.29) is 12.3 Å². The fraction of sp³-hybridized carbons (Fsp3) is 0.317. The molecular weight excluding hydrogens is 680 g/mol. The zero-order valence-electron chi connectivity index (χ0n) is 29.4. The molecule has 0 spiro atoms. The number of halogens is 2. The maximum Gasteiger partial charge on any atom is 0.387 e. The Morgan fingerprint density at radius 1 is 0.906 bits per heavy atom. The van der Waals surface area contributed by atoms with Gasteiger partial charge in [-0.05, 0) is 111 Å². The van der Waals surface area contributed by atoms with Crippen LogP contribution in [-0.2, 0) is 17.9 Å². The third-order valence-corrected chi connectivity index (χ3v) is 10.5. The number of carboxylic acid groups (broad SMARTS) is 1. The zero-order valence-corrected chi connectivity index (χ0v) is 29.4. The van der Waals surface area contributed by atoms with E-state index in [9.17, 15) is 23.9 Å². The summed E-state index contributed by atoms with van der Waals surface area (Å²) >= 11 is 0. The summed E-state index contributed by atoms with van der Waals surface area (Å²) in [5, 5.41) is 19.4. The lowest BCUT2D eigenvalue weighted by Crippen LogP contribution is -2.23. The van der Waals surface area contributed by atoms with E-state index in [1.165, 1.54) is 18.9 Å². The van der Waals surface area contributed by atoms with Crippen LogP contribution in [0.1, 0.15) is 47.1 Å². The van der Waals surface area contributed by atoms with Crippen molar-refractivity contribution in [1.82, 2.24) is 19.8 Å². The van der Waals surface area contributed by atoms with Crippen molar-refractivity contribution in [2.24, 2.45) is 5.92 Å². The van der Waals surface area contributed by atoms with Crippen molar-refractivity contribution in [3.8, 4) is 45.9 Å². The van der Waals surface area contributed by atoms with Crippen molar-refractivity contribution in [3.05, 3.63) is 88.5 Å². The highest BCUT2D eigenvalue weighted by molar-refractivity contribution is 5.86. The third-order valence-electron chi connectivity index (χ3n) is 10.5. The van der Waals surface area contributed by atoms with Gasteiger partial charge in [0.1, 0.15) is 22.9 Å². The van der Waals surface area contributed by atoms with Gasteiger partial charge in [0.25, 0.3) is 0 Å². The second-order valence-electron chi connectivity index (χ2n) is 13.9. The number of rotatable bonds is 10. The number of alkyl halides is 2. The number of nitrogens with zero attached hydrogens (tertiary/aromatic N) is 5. The van der Waals surface area contributed by atoms with E-state index < -0.39 is 18.5 Å². The fourth-order valence-electron chi connectivity index (χ4n) is 7.76. The number of fused-ring (bicyclic) bond motifs is 2. The van der Waals surface area contributed by atoms with Crippen LogP contribution in [0.5, 0.6) is 5.75 Å². The van der Waals surface area contributed by atoms with Gasteiger partial charge in [-0.3, -0.25) is 14.6 Å². The SMILES string of the molecule is Cc1c(-c2nc3cc(CN4CCC(C(=O)O)C4)c(OC(F)F)cc3o2)cccc1-c1cccc(-c2nc3cc(CN4CCCC4)cc(C#N)c3o2)c1C. The zero-order chi connectivity index (χ0) is 36.8. The molecule has 0 saturated carbocycles. The number of hydrogen-bond acceptors (Lipinski definition) is 9. The third kappa shape index (κ3) is 6.74. The molecule has 12 heteroatoms. The van der Waals surface area contributed by atoms with Gasteiger partial charge in [-0.2, -0.15) is 14.0 Å². The van der Waals surface area contributed by atoms with Crippen LogP contribution in [0, 0.1) is 31.1 Å². The normalized spacial score (nSPS) is 16.6. The molecule has 2 aliphatic rings. The molecule has 270 valence electrons. The van der Waals surface area contributed by atoms with Crippen LogP contribution >= 0.6 is 0 Å². The number of oxazole rings is 2. The molecule has 1 atom stereocenters. The van der Waals surface area contributed by atoms with Gasteiger partial charge < -0.3 is 18.7 Å². The molecule has 2 saturated heterocycles. The second-order valence-corrected chi connectivity index (χ2v) is 13.9. The average molecular weight is 718 g/mol. The molecule has 2 aliphatic heterocycles. The van der Waals surface area contributed by atoms with Crippen LogP contribution in [0.3, 0.4) is 0 Å². The minimum absolute atomic E-state index is 0.0317. The number of carboxylic acids is 1. The minimum Gasteiger partial charge on any atom is -0.481 e. The molecule has 2 aromatic heterocycles. The quantitative estimate of drug-likeness (QED) is 0.147. The number of ether oxygens (including phenoxy) is 1. The van der Waals surface area contributed by atoms with E-state index in [1.54, 1.807) is 6.07 Å². The van der Waals surface area contributed by atoms with Crippen molar-refractivity contribution in [3.63, 3.8) is 0 Å². The Kier molecular flexibility index (Phi) is 9.14. The number of hydrogen-bond donors (Lipinski definition) is 1. The van der Waals surface area contributed by atoms with Crippen molar-refractivity contribution < 1.29 is 32.3 Å². The van der Waals surface area contributed by atoms with Crippen LogP contribution in [0.4, 0.5) is 8.78 Å². The predicted molar refractivity (Wildman–Crippen MR) is 194 cm³/mol. The Balaban J connectivity index is 1.12. The van der Waals surface area contributed by atoms with Gasteiger partial charge >= 0.3 is 12.6 Å². The van der Waals surface area contributed by atoms with E-state index in [2.05, 4.69) is 11.0 Å². The highest BCUT2D eigenvalue weighted by atomic mass is 19.3. The lowest BCUT2D eigenvalue weighted by atomic mass is 9.91. The molecule has 0 bridgehead atoms. The lowest BCUT2D eigenvalue weighted by Gasteiger charge is -2.17. The Labute approximate surface area is 304 Å². The largest absolute Gasteiger partial charge is 0.481 e. The highest BCUT2D eigenvalue weighted by Gasteiger charge is 2.29. The first-order chi connectivity index (χ1) is 25.6. The first-order valence-corrected chi connectivity index (χ1v) is 17.7. The van der Waals surface area contributed by atoms with E-state index in [1.807, 2.05) is 67.3 Å². The van der Waals surface area contributed by atoms with Crippen molar-refractivity contribution in [2.75, 3.05) is 26.2 Å². The van der Waals surface area contributed by atoms with Crippen molar-refractivity contribution in [1.29, 1.82) is 5.26 Å². The van der Waals surface area contributed by atoms with Crippen LogP contribution in [-0.4, -0.2) is 63.6 Å². The number of benzene rings is 4. The number of aliphatic carboxylic acids is 1. The standard InChI is InChI=1S/C41H37F2N5O5/c1-23-29(30-8-6-10-32(24(30)2)39-46-34-16-25(20-47-12-3-4-13-47)15-27(19-44)37(34)53-39)7-5-9-31(23)38-45-33-17-28(22-48-14-11-26(21-48)40(49)50)35(52-41(42)43)18-36(33)51-38/h5-10,15-18,26,41H,3-4,11-14,20-22H2,1-2H3,(H,49,50). The van der Waals surface area contributed by atoms with E-state index >= 15 is 0 Å². The molecule has 0 amide bonds. The molecule has 0 radical (unpaired) electrons. The van der Waals surface area contributed by atoms with Gasteiger partial charge in [-0.15, -0.1) is 0 Å². The first kappa shape index (κ1) is 34.4. The Morgan fingerprint density at radius 3 is 2.21 bits per heavy atom. The van der Waals surface area contributed by atoms with E-state index in [4.69, 9.17) is 23.5 Å². The molecule has 1 unspecified atom stereocenters.